The summed E-state index contributed by atoms with van der Waals surface area (Å²) in [6, 6.07) is 8.94. The molecule has 0 saturated heterocycles. The van der Waals surface area contributed by atoms with E-state index < -0.39 is 0 Å². The standard InChI is InChI=1S/C33H58O6/c1-2-3-4-5-6-7-8-9-10-11-12-13-14-15-16-20-23-35-24-25-36-26-27-37-28-29-38-30-31-39-33(34)32-21-18-17-19-22-32/h17-19,21-22H,2-16,20,23-31H2,1H3. The zero-order valence-corrected chi connectivity index (χ0v) is 25.0. The van der Waals surface area contributed by atoms with E-state index >= 15 is 0 Å². The van der Waals surface area contributed by atoms with Crippen LogP contribution in [-0.4, -0.2) is 65.4 Å². The van der Waals surface area contributed by atoms with Gasteiger partial charge in [-0.2, -0.15) is 0 Å². The molecule has 0 bridgehead atoms. The molecule has 0 amide bonds. The molecule has 1 aromatic carbocycles. The Kier molecular flexibility index (Phi) is 26.9. The molecule has 1 aromatic rings. The zero-order valence-electron chi connectivity index (χ0n) is 25.0. The van der Waals surface area contributed by atoms with Crippen LogP contribution in [0, 0.1) is 0 Å². The first-order valence-electron chi connectivity index (χ1n) is 15.9. The number of unbranched alkanes of at least 4 members (excludes halogenated alkanes) is 15. The highest BCUT2D eigenvalue weighted by molar-refractivity contribution is 5.89. The quantitative estimate of drug-likeness (QED) is 0.0711. The molecule has 39 heavy (non-hydrogen) atoms. The van der Waals surface area contributed by atoms with Gasteiger partial charge in [0.25, 0.3) is 0 Å². The maximum Gasteiger partial charge on any atom is 0.338 e. The highest BCUT2D eigenvalue weighted by Gasteiger charge is 2.05. The van der Waals surface area contributed by atoms with Crippen molar-refractivity contribution in [2.24, 2.45) is 0 Å². The van der Waals surface area contributed by atoms with E-state index in [1.165, 1.54) is 96.3 Å². The highest BCUT2D eigenvalue weighted by Crippen LogP contribution is 2.13. The molecule has 1 rings (SSSR count). The molecule has 0 aliphatic heterocycles. The average molecular weight is 551 g/mol. The van der Waals surface area contributed by atoms with E-state index in [1.54, 1.807) is 12.1 Å². The zero-order chi connectivity index (χ0) is 27.9. The number of ether oxygens (including phenoxy) is 5. The number of carbonyl (C=O) groups excluding carboxylic acids is 1. The maximum atomic E-state index is 11.8. The summed E-state index contributed by atoms with van der Waals surface area (Å²) in [4.78, 5) is 11.8. The number of benzene rings is 1. The first-order chi connectivity index (χ1) is 19.3. The van der Waals surface area contributed by atoms with Gasteiger partial charge in [0.15, 0.2) is 0 Å². The molecule has 0 aliphatic carbocycles. The Morgan fingerprint density at radius 1 is 0.462 bits per heavy atom. The van der Waals surface area contributed by atoms with E-state index in [9.17, 15) is 4.79 Å². The summed E-state index contributed by atoms with van der Waals surface area (Å²) >= 11 is 0. The van der Waals surface area contributed by atoms with Crippen molar-refractivity contribution in [3.8, 4) is 0 Å². The number of esters is 1. The lowest BCUT2D eigenvalue weighted by Gasteiger charge is -2.08. The van der Waals surface area contributed by atoms with Crippen molar-refractivity contribution in [3.63, 3.8) is 0 Å². The van der Waals surface area contributed by atoms with Crippen LogP contribution in [0.15, 0.2) is 30.3 Å². The minimum atomic E-state index is -0.332. The third kappa shape index (κ3) is 25.3. The molecule has 0 heterocycles. The predicted octanol–water partition coefficient (Wildman–Crippen LogP) is 8.17. The van der Waals surface area contributed by atoms with Crippen LogP contribution in [0.3, 0.4) is 0 Å². The van der Waals surface area contributed by atoms with E-state index in [1.807, 2.05) is 18.2 Å². The summed E-state index contributed by atoms with van der Waals surface area (Å²) in [7, 11) is 0. The first kappa shape index (κ1) is 35.6. The lowest BCUT2D eigenvalue weighted by molar-refractivity contribution is -0.00913. The van der Waals surface area contributed by atoms with Crippen molar-refractivity contribution in [3.05, 3.63) is 35.9 Å². The molecule has 0 fully saturated rings. The number of hydrogen-bond acceptors (Lipinski definition) is 6. The van der Waals surface area contributed by atoms with Crippen molar-refractivity contribution in [2.75, 3.05) is 59.5 Å². The van der Waals surface area contributed by atoms with E-state index in [-0.39, 0.29) is 12.6 Å². The summed E-state index contributed by atoms with van der Waals surface area (Å²) in [5, 5.41) is 0. The van der Waals surface area contributed by atoms with Crippen molar-refractivity contribution < 1.29 is 28.5 Å². The van der Waals surface area contributed by atoms with Crippen LogP contribution in [-0.2, 0) is 23.7 Å². The van der Waals surface area contributed by atoms with Crippen molar-refractivity contribution in [2.45, 2.75) is 110 Å². The van der Waals surface area contributed by atoms with Crippen LogP contribution in [0.4, 0.5) is 0 Å². The SMILES string of the molecule is CCCCCCCCCCCCCCCCCCOCCOCCOCCOCCOC(=O)c1ccccc1. The normalized spacial score (nSPS) is 11.2. The Balaban J connectivity index is 1.65. The summed E-state index contributed by atoms with van der Waals surface area (Å²) in [6.07, 6.45) is 22.2. The van der Waals surface area contributed by atoms with Crippen LogP contribution < -0.4 is 0 Å². The molecule has 226 valence electrons. The predicted molar refractivity (Wildman–Crippen MR) is 160 cm³/mol. The molecule has 0 spiro atoms. The second-order valence-corrected chi connectivity index (χ2v) is 10.3. The van der Waals surface area contributed by atoms with Crippen LogP contribution in [0.2, 0.25) is 0 Å². The lowest BCUT2D eigenvalue weighted by Crippen LogP contribution is -2.14. The largest absolute Gasteiger partial charge is 0.460 e. The Labute approximate surface area is 239 Å². The molecule has 6 nitrogen and oxygen atoms in total. The molecule has 0 radical (unpaired) electrons. The molecule has 0 unspecified atom stereocenters. The average Bonchev–Trinajstić information content (AvgIpc) is 2.96. The van der Waals surface area contributed by atoms with E-state index in [0.717, 1.165) is 13.0 Å². The second kappa shape index (κ2) is 29.5. The fraction of sp³-hybridized carbons (Fsp3) is 0.788. The Bertz CT molecular complexity index is 624. The minimum absolute atomic E-state index is 0.232. The smallest absolute Gasteiger partial charge is 0.338 e. The molecular formula is C33H58O6. The van der Waals surface area contributed by atoms with Crippen LogP contribution in [0.5, 0.6) is 0 Å². The van der Waals surface area contributed by atoms with Crippen molar-refractivity contribution in [1.82, 2.24) is 0 Å². The first-order valence-corrected chi connectivity index (χ1v) is 15.9. The summed E-state index contributed by atoms with van der Waals surface area (Å²) < 4.78 is 27.2. The van der Waals surface area contributed by atoms with Gasteiger partial charge < -0.3 is 23.7 Å². The molecule has 6 heteroatoms. The van der Waals surface area contributed by atoms with Crippen molar-refractivity contribution in [1.29, 1.82) is 0 Å². The summed E-state index contributed by atoms with van der Waals surface area (Å²) in [5.74, 6) is -0.332. The Morgan fingerprint density at radius 2 is 0.821 bits per heavy atom. The van der Waals surface area contributed by atoms with Gasteiger partial charge >= 0.3 is 5.97 Å². The van der Waals surface area contributed by atoms with Crippen LogP contribution >= 0.6 is 0 Å². The fourth-order valence-electron chi connectivity index (χ4n) is 4.36. The monoisotopic (exact) mass is 550 g/mol. The Morgan fingerprint density at radius 3 is 1.26 bits per heavy atom. The van der Waals surface area contributed by atoms with Crippen LogP contribution in [0.25, 0.3) is 0 Å². The minimum Gasteiger partial charge on any atom is -0.460 e. The molecular weight excluding hydrogens is 492 g/mol. The van der Waals surface area contributed by atoms with Gasteiger partial charge in [-0.25, -0.2) is 4.79 Å². The second-order valence-electron chi connectivity index (χ2n) is 10.3. The number of rotatable bonds is 30. The Hall–Kier alpha value is -1.47. The topological polar surface area (TPSA) is 63.2 Å². The van der Waals surface area contributed by atoms with Gasteiger partial charge in [0.1, 0.15) is 6.61 Å². The van der Waals surface area contributed by atoms with Gasteiger partial charge in [0.2, 0.25) is 0 Å². The molecule has 0 aliphatic rings. The van der Waals surface area contributed by atoms with Gasteiger partial charge in [-0.05, 0) is 18.6 Å². The highest BCUT2D eigenvalue weighted by atomic mass is 16.6. The van der Waals surface area contributed by atoms with Crippen molar-refractivity contribution >= 4 is 5.97 Å². The van der Waals surface area contributed by atoms with Gasteiger partial charge in [0.05, 0.1) is 51.8 Å². The molecule has 0 aromatic heterocycles. The molecule has 0 N–H and O–H groups in total. The third-order valence-electron chi connectivity index (χ3n) is 6.73. The molecule has 0 saturated carbocycles. The number of hydrogen-bond donors (Lipinski definition) is 0. The van der Waals surface area contributed by atoms with Gasteiger partial charge in [-0.1, -0.05) is 121 Å². The molecule has 0 atom stereocenters. The van der Waals surface area contributed by atoms with Crippen LogP contribution in [0.1, 0.15) is 120 Å². The third-order valence-corrected chi connectivity index (χ3v) is 6.73. The number of carbonyl (C=O) groups is 1. The maximum absolute atomic E-state index is 11.8. The van der Waals surface area contributed by atoms with E-state index in [0.29, 0.717) is 51.8 Å². The van der Waals surface area contributed by atoms with Gasteiger partial charge in [-0.15, -0.1) is 0 Å². The summed E-state index contributed by atoms with van der Waals surface area (Å²) in [6.45, 7) is 6.99. The van der Waals surface area contributed by atoms with Gasteiger partial charge in [-0.3, -0.25) is 0 Å². The van der Waals surface area contributed by atoms with Gasteiger partial charge in [0, 0.05) is 6.61 Å². The fourth-order valence-corrected chi connectivity index (χ4v) is 4.36. The van der Waals surface area contributed by atoms with E-state index in [2.05, 4.69) is 6.92 Å². The summed E-state index contributed by atoms with van der Waals surface area (Å²) in [5.41, 5.74) is 0.548. The van der Waals surface area contributed by atoms with E-state index in [4.69, 9.17) is 23.7 Å². The lowest BCUT2D eigenvalue weighted by atomic mass is 10.0.